The van der Waals surface area contributed by atoms with E-state index in [1.165, 1.54) is 11.6 Å². The maximum absolute atomic E-state index is 13.1. The van der Waals surface area contributed by atoms with Crippen molar-refractivity contribution < 1.29 is 9.13 Å². The zero-order valence-corrected chi connectivity index (χ0v) is 10.1. The standard InChI is InChI=1S/C16H15FO/c17-14-7-9-16-13(11-14)6-8-15(18-16)10-12-4-2-1-3-5-12/h1-5,7,9,11,15H,6,8,10H2. The molecule has 1 unspecified atom stereocenters. The fourth-order valence-corrected chi connectivity index (χ4v) is 2.43. The van der Waals surface area contributed by atoms with Crippen molar-refractivity contribution in [2.45, 2.75) is 25.4 Å². The molecule has 0 N–H and O–H groups in total. The fraction of sp³-hybridized carbons (Fsp3) is 0.250. The SMILES string of the molecule is Fc1ccc2c(c1)CCC(Cc1ccccc1)O2. The first kappa shape index (κ1) is 11.3. The number of ether oxygens (including phenoxy) is 1. The molecule has 0 spiro atoms. The van der Waals surface area contributed by atoms with Crippen LogP contribution in [0.4, 0.5) is 4.39 Å². The molecule has 1 aliphatic heterocycles. The van der Waals surface area contributed by atoms with Crippen LogP contribution in [0.3, 0.4) is 0 Å². The van der Waals surface area contributed by atoms with Gasteiger partial charge in [-0.05, 0) is 42.2 Å². The number of halogens is 1. The molecule has 18 heavy (non-hydrogen) atoms. The highest BCUT2D eigenvalue weighted by Crippen LogP contribution is 2.29. The quantitative estimate of drug-likeness (QED) is 0.779. The lowest BCUT2D eigenvalue weighted by Gasteiger charge is -2.26. The molecule has 3 rings (SSSR count). The van der Waals surface area contributed by atoms with E-state index in [4.69, 9.17) is 4.74 Å². The van der Waals surface area contributed by atoms with Gasteiger partial charge in [0.2, 0.25) is 0 Å². The molecular formula is C16H15FO. The lowest BCUT2D eigenvalue weighted by Crippen LogP contribution is -2.24. The Morgan fingerprint density at radius 2 is 1.94 bits per heavy atom. The van der Waals surface area contributed by atoms with E-state index in [9.17, 15) is 4.39 Å². The normalized spacial score (nSPS) is 17.9. The second kappa shape index (κ2) is 4.81. The molecule has 92 valence electrons. The van der Waals surface area contributed by atoms with Gasteiger partial charge in [0.1, 0.15) is 17.7 Å². The Kier molecular flexibility index (Phi) is 3.01. The lowest BCUT2D eigenvalue weighted by molar-refractivity contribution is 0.173. The van der Waals surface area contributed by atoms with Crippen molar-refractivity contribution in [1.29, 1.82) is 0 Å². The Bertz CT molecular complexity index is 536. The number of hydrogen-bond acceptors (Lipinski definition) is 1. The predicted octanol–water partition coefficient (Wildman–Crippen LogP) is 3.76. The zero-order chi connectivity index (χ0) is 12.4. The van der Waals surface area contributed by atoms with Gasteiger partial charge in [-0.25, -0.2) is 4.39 Å². The third-order valence-electron chi connectivity index (χ3n) is 3.36. The average molecular weight is 242 g/mol. The first-order valence-corrected chi connectivity index (χ1v) is 6.30. The Morgan fingerprint density at radius 3 is 2.78 bits per heavy atom. The third-order valence-corrected chi connectivity index (χ3v) is 3.36. The number of hydrogen-bond donors (Lipinski definition) is 0. The average Bonchev–Trinajstić information content (AvgIpc) is 2.40. The van der Waals surface area contributed by atoms with E-state index in [-0.39, 0.29) is 11.9 Å². The molecule has 0 bridgehead atoms. The molecule has 1 atom stereocenters. The van der Waals surface area contributed by atoms with Gasteiger partial charge >= 0.3 is 0 Å². The molecule has 2 aromatic rings. The summed E-state index contributed by atoms with van der Waals surface area (Å²) in [5.41, 5.74) is 2.27. The van der Waals surface area contributed by atoms with Crippen LogP contribution in [0.2, 0.25) is 0 Å². The van der Waals surface area contributed by atoms with E-state index < -0.39 is 0 Å². The molecule has 0 aliphatic carbocycles. The lowest BCUT2D eigenvalue weighted by atomic mass is 9.97. The molecule has 0 amide bonds. The van der Waals surface area contributed by atoms with Crippen molar-refractivity contribution in [3.63, 3.8) is 0 Å². The maximum atomic E-state index is 13.1. The summed E-state index contributed by atoms with van der Waals surface area (Å²) in [7, 11) is 0. The largest absolute Gasteiger partial charge is 0.490 e. The number of aryl methyl sites for hydroxylation is 1. The minimum atomic E-state index is -0.182. The summed E-state index contributed by atoms with van der Waals surface area (Å²) in [6, 6.07) is 15.1. The summed E-state index contributed by atoms with van der Waals surface area (Å²) in [6.45, 7) is 0. The second-order valence-corrected chi connectivity index (χ2v) is 4.72. The van der Waals surface area contributed by atoms with Crippen LogP contribution in [0.15, 0.2) is 48.5 Å². The van der Waals surface area contributed by atoms with Crippen LogP contribution in [0.25, 0.3) is 0 Å². The van der Waals surface area contributed by atoms with Gasteiger partial charge in [0.05, 0.1) is 0 Å². The highest BCUT2D eigenvalue weighted by atomic mass is 19.1. The van der Waals surface area contributed by atoms with E-state index in [1.807, 2.05) is 18.2 Å². The molecule has 1 aliphatic rings. The maximum Gasteiger partial charge on any atom is 0.123 e. The number of fused-ring (bicyclic) bond motifs is 1. The first-order chi connectivity index (χ1) is 8.81. The Morgan fingerprint density at radius 1 is 1.11 bits per heavy atom. The van der Waals surface area contributed by atoms with Crippen LogP contribution < -0.4 is 4.74 Å². The second-order valence-electron chi connectivity index (χ2n) is 4.72. The summed E-state index contributed by atoms with van der Waals surface area (Å²) in [6.07, 6.45) is 2.96. The van der Waals surface area contributed by atoms with Gasteiger partial charge < -0.3 is 4.74 Å². The van der Waals surface area contributed by atoms with Crippen molar-refractivity contribution in [3.05, 3.63) is 65.5 Å². The molecule has 1 nitrogen and oxygen atoms in total. The molecule has 2 heteroatoms. The van der Waals surface area contributed by atoms with Gasteiger partial charge in [-0.15, -0.1) is 0 Å². The summed E-state index contributed by atoms with van der Waals surface area (Å²) in [4.78, 5) is 0. The fourth-order valence-electron chi connectivity index (χ4n) is 2.43. The third kappa shape index (κ3) is 2.37. The monoisotopic (exact) mass is 242 g/mol. The van der Waals surface area contributed by atoms with E-state index in [1.54, 1.807) is 12.1 Å². The van der Waals surface area contributed by atoms with E-state index in [0.29, 0.717) is 0 Å². The summed E-state index contributed by atoms with van der Waals surface area (Å²) in [5.74, 6) is 0.655. The molecular weight excluding hydrogens is 227 g/mol. The van der Waals surface area contributed by atoms with Crippen LogP contribution >= 0.6 is 0 Å². The highest BCUT2D eigenvalue weighted by molar-refractivity contribution is 5.36. The molecule has 0 aromatic heterocycles. The molecule has 0 radical (unpaired) electrons. The van der Waals surface area contributed by atoms with Crippen LogP contribution in [-0.2, 0) is 12.8 Å². The highest BCUT2D eigenvalue weighted by Gasteiger charge is 2.20. The first-order valence-electron chi connectivity index (χ1n) is 6.30. The van der Waals surface area contributed by atoms with Crippen LogP contribution in [0, 0.1) is 5.82 Å². The Hall–Kier alpha value is -1.83. The summed E-state index contributed by atoms with van der Waals surface area (Å²) >= 11 is 0. The van der Waals surface area contributed by atoms with E-state index >= 15 is 0 Å². The van der Waals surface area contributed by atoms with Crippen LogP contribution in [0.5, 0.6) is 5.75 Å². The minimum absolute atomic E-state index is 0.182. The molecule has 1 heterocycles. The van der Waals surface area contributed by atoms with Gasteiger partial charge in [0, 0.05) is 6.42 Å². The predicted molar refractivity (Wildman–Crippen MR) is 69.3 cm³/mol. The summed E-state index contributed by atoms with van der Waals surface area (Å²) < 4.78 is 19.0. The molecule has 0 saturated carbocycles. The summed E-state index contributed by atoms with van der Waals surface area (Å²) in [5, 5.41) is 0. The van der Waals surface area contributed by atoms with Gasteiger partial charge in [-0.2, -0.15) is 0 Å². The van der Waals surface area contributed by atoms with E-state index in [2.05, 4.69) is 12.1 Å². The van der Waals surface area contributed by atoms with Crippen molar-refractivity contribution >= 4 is 0 Å². The number of benzene rings is 2. The van der Waals surface area contributed by atoms with Crippen LogP contribution in [0.1, 0.15) is 17.5 Å². The van der Waals surface area contributed by atoms with Gasteiger partial charge in [0.25, 0.3) is 0 Å². The Labute approximate surface area is 106 Å². The van der Waals surface area contributed by atoms with Gasteiger partial charge in [-0.1, -0.05) is 30.3 Å². The minimum Gasteiger partial charge on any atom is -0.490 e. The topological polar surface area (TPSA) is 9.23 Å². The Balaban J connectivity index is 1.73. The smallest absolute Gasteiger partial charge is 0.123 e. The van der Waals surface area contributed by atoms with Crippen molar-refractivity contribution in [2.75, 3.05) is 0 Å². The zero-order valence-electron chi connectivity index (χ0n) is 10.1. The van der Waals surface area contributed by atoms with Crippen molar-refractivity contribution in [2.24, 2.45) is 0 Å². The van der Waals surface area contributed by atoms with Crippen molar-refractivity contribution in [3.8, 4) is 5.75 Å². The van der Waals surface area contributed by atoms with Gasteiger partial charge in [-0.3, -0.25) is 0 Å². The molecule has 0 saturated heterocycles. The van der Waals surface area contributed by atoms with Gasteiger partial charge in [0.15, 0.2) is 0 Å². The molecule has 2 aromatic carbocycles. The van der Waals surface area contributed by atoms with Crippen molar-refractivity contribution in [1.82, 2.24) is 0 Å². The van der Waals surface area contributed by atoms with Crippen LogP contribution in [-0.4, -0.2) is 6.10 Å². The molecule has 0 fully saturated rings. The number of rotatable bonds is 2. The van der Waals surface area contributed by atoms with E-state index in [0.717, 1.165) is 30.6 Å².